The number of benzene rings is 2. The molecule has 0 atom stereocenters. The van der Waals surface area contributed by atoms with Crippen LogP contribution in [-0.2, 0) is 4.79 Å². The van der Waals surface area contributed by atoms with Crippen LogP contribution in [0.1, 0.15) is 11.1 Å². The third kappa shape index (κ3) is 4.00. The molecule has 0 bridgehead atoms. The minimum atomic E-state index is -0.105. The van der Waals surface area contributed by atoms with Gasteiger partial charge in [-0.05, 0) is 49.2 Å². The maximum absolute atomic E-state index is 11.9. The molecule has 104 valence electrons. The van der Waals surface area contributed by atoms with Gasteiger partial charge in [0.2, 0.25) is 5.91 Å². The normalized spacial score (nSPS) is 10.2. The van der Waals surface area contributed by atoms with Crippen LogP contribution in [0.3, 0.4) is 0 Å². The van der Waals surface area contributed by atoms with Crippen LogP contribution in [0.4, 0.5) is 11.4 Å². The third-order valence-corrected chi connectivity index (χ3v) is 3.33. The lowest BCUT2D eigenvalue weighted by Crippen LogP contribution is -2.21. The van der Waals surface area contributed by atoms with Crippen LogP contribution in [0.15, 0.2) is 42.5 Å². The molecule has 4 heteroatoms. The van der Waals surface area contributed by atoms with Crippen molar-refractivity contribution in [3.8, 4) is 0 Å². The summed E-state index contributed by atoms with van der Waals surface area (Å²) in [6.45, 7) is 4.15. The fourth-order valence-corrected chi connectivity index (χ4v) is 1.99. The van der Waals surface area contributed by atoms with E-state index in [0.717, 1.165) is 16.8 Å². The Balaban J connectivity index is 1.91. The van der Waals surface area contributed by atoms with E-state index in [9.17, 15) is 4.79 Å². The molecule has 1 amide bonds. The average molecular weight is 289 g/mol. The van der Waals surface area contributed by atoms with Gasteiger partial charge in [0.05, 0.1) is 6.54 Å². The third-order valence-electron chi connectivity index (χ3n) is 2.93. The van der Waals surface area contributed by atoms with E-state index in [-0.39, 0.29) is 12.5 Å². The zero-order chi connectivity index (χ0) is 14.5. The minimum Gasteiger partial charge on any atom is -0.376 e. The van der Waals surface area contributed by atoms with Crippen LogP contribution in [0, 0.1) is 13.8 Å². The monoisotopic (exact) mass is 288 g/mol. The van der Waals surface area contributed by atoms with Crippen LogP contribution in [0.2, 0.25) is 5.02 Å². The quantitative estimate of drug-likeness (QED) is 0.892. The summed E-state index contributed by atoms with van der Waals surface area (Å²) in [4.78, 5) is 11.9. The van der Waals surface area contributed by atoms with Crippen molar-refractivity contribution in [2.75, 3.05) is 17.2 Å². The molecule has 0 radical (unpaired) electrons. The Hall–Kier alpha value is -2.00. The first kappa shape index (κ1) is 14.4. The highest BCUT2D eigenvalue weighted by molar-refractivity contribution is 6.31. The first-order chi connectivity index (χ1) is 9.54. The van der Waals surface area contributed by atoms with Gasteiger partial charge in [0, 0.05) is 16.4 Å². The van der Waals surface area contributed by atoms with E-state index in [1.165, 1.54) is 0 Å². The van der Waals surface area contributed by atoms with Crippen LogP contribution >= 0.6 is 11.6 Å². The highest BCUT2D eigenvalue weighted by Gasteiger charge is 2.04. The standard InChI is InChI=1S/C16H17ClN2O/c1-11-4-3-5-13(8-11)18-10-16(20)19-14-7-6-12(2)15(17)9-14/h3-9,18H,10H2,1-2H3,(H,19,20). The number of carbonyl (C=O) groups excluding carboxylic acids is 1. The van der Waals surface area contributed by atoms with Gasteiger partial charge in [-0.25, -0.2) is 0 Å². The molecule has 0 fully saturated rings. The maximum Gasteiger partial charge on any atom is 0.243 e. The number of rotatable bonds is 4. The maximum atomic E-state index is 11.9. The molecule has 2 aromatic carbocycles. The molecule has 0 spiro atoms. The molecule has 0 aliphatic carbocycles. The number of nitrogens with one attached hydrogen (secondary N) is 2. The second-order valence-corrected chi connectivity index (χ2v) is 5.14. The SMILES string of the molecule is Cc1cccc(NCC(=O)Nc2ccc(C)c(Cl)c2)c1. The molecule has 0 aliphatic heterocycles. The van der Waals surface area contributed by atoms with E-state index in [0.29, 0.717) is 10.7 Å². The van der Waals surface area contributed by atoms with Crippen molar-refractivity contribution >= 4 is 28.9 Å². The average Bonchev–Trinajstić information content (AvgIpc) is 2.41. The molecule has 20 heavy (non-hydrogen) atoms. The zero-order valence-electron chi connectivity index (χ0n) is 11.5. The lowest BCUT2D eigenvalue weighted by atomic mass is 10.2. The number of halogens is 1. The molecule has 3 nitrogen and oxygen atoms in total. The van der Waals surface area contributed by atoms with E-state index in [4.69, 9.17) is 11.6 Å². The van der Waals surface area contributed by atoms with Gasteiger partial charge in [0.15, 0.2) is 0 Å². The zero-order valence-corrected chi connectivity index (χ0v) is 12.3. The second kappa shape index (κ2) is 6.44. The van der Waals surface area contributed by atoms with Crippen molar-refractivity contribution < 1.29 is 4.79 Å². The highest BCUT2D eigenvalue weighted by atomic mass is 35.5. The Morgan fingerprint density at radius 1 is 1.10 bits per heavy atom. The van der Waals surface area contributed by atoms with Gasteiger partial charge >= 0.3 is 0 Å². The molecule has 0 saturated heterocycles. The Morgan fingerprint density at radius 3 is 2.60 bits per heavy atom. The lowest BCUT2D eigenvalue weighted by molar-refractivity contribution is -0.114. The first-order valence-electron chi connectivity index (χ1n) is 6.41. The molecule has 0 aromatic heterocycles. The van der Waals surface area contributed by atoms with Crippen LogP contribution in [0.5, 0.6) is 0 Å². The number of aryl methyl sites for hydroxylation is 2. The smallest absolute Gasteiger partial charge is 0.243 e. The number of amides is 1. The number of hydrogen-bond acceptors (Lipinski definition) is 2. The molecule has 2 N–H and O–H groups in total. The van der Waals surface area contributed by atoms with Crippen molar-refractivity contribution in [2.24, 2.45) is 0 Å². The Kier molecular flexibility index (Phi) is 4.64. The van der Waals surface area contributed by atoms with E-state index in [1.807, 2.05) is 50.2 Å². The number of carbonyl (C=O) groups is 1. The second-order valence-electron chi connectivity index (χ2n) is 4.74. The highest BCUT2D eigenvalue weighted by Crippen LogP contribution is 2.19. The fraction of sp³-hybridized carbons (Fsp3) is 0.188. The van der Waals surface area contributed by atoms with Crippen LogP contribution < -0.4 is 10.6 Å². The number of anilines is 2. The Bertz CT molecular complexity index is 626. The molecule has 0 unspecified atom stereocenters. The van der Waals surface area contributed by atoms with Crippen molar-refractivity contribution in [3.63, 3.8) is 0 Å². The molecule has 0 saturated carbocycles. The predicted molar refractivity (Wildman–Crippen MR) is 84.5 cm³/mol. The lowest BCUT2D eigenvalue weighted by Gasteiger charge is -2.09. The Morgan fingerprint density at radius 2 is 1.90 bits per heavy atom. The summed E-state index contributed by atoms with van der Waals surface area (Å²) < 4.78 is 0. The molecular weight excluding hydrogens is 272 g/mol. The molecule has 0 aliphatic rings. The molecule has 2 rings (SSSR count). The van der Waals surface area contributed by atoms with Gasteiger partial charge in [0.25, 0.3) is 0 Å². The van der Waals surface area contributed by atoms with E-state index >= 15 is 0 Å². The van der Waals surface area contributed by atoms with Crippen LogP contribution in [-0.4, -0.2) is 12.5 Å². The summed E-state index contributed by atoms with van der Waals surface area (Å²) in [5.41, 5.74) is 3.78. The summed E-state index contributed by atoms with van der Waals surface area (Å²) in [6, 6.07) is 13.4. The summed E-state index contributed by atoms with van der Waals surface area (Å²) in [5, 5.41) is 6.54. The van der Waals surface area contributed by atoms with Gasteiger partial charge in [-0.3, -0.25) is 4.79 Å². The van der Waals surface area contributed by atoms with Gasteiger partial charge in [0.1, 0.15) is 0 Å². The fourth-order valence-electron chi connectivity index (χ4n) is 1.81. The van der Waals surface area contributed by atoms with Gasteiger partial charge in [-0.15, -0.1) is 0 Å². The topological polar surface area (TPSA) is 41.1 Å². The summed E-state index contributed by atoms with van der Waals surface area (Å²) in [5.74, 6) is -0.105. The van der Waals surface area contributed by atoms with Crippen LogP contribution in [0.25, 0.3) is 0 Å². The van der Waals surface area contributed by atoms with Crippen molar-refractivity contribution in [2.45, 2.75) is 13.8 Å². The van der Waals surface area contributed by atoms with Gasteiger partial charge < -0.3 is 10.6 Å². The summed E-state index contributed by atoms with van der Waals surface area (Å²) >= 11 is 6.02. The molecular formula is C16H17ClN2O. The minimum absolute atomic E-state index is 0.105. The van der Waals surface area contributed by atoms with Gasteiger partial charge in [-0.1, -0.05) is 29.8 Å². The van der Waals surface area contributed by atoms with Crippen molar-refractivity contribution in [1.29, 1.82) is 0 Å². The predicted octanol–water partition coefficient (Wildman–Crippen LogP) is 4.01. The molecule has 2 aromatic rings. The largest absolute Gasteiger partial charge is 0.376 e. The van der Waals surface area contributed by atoms with Crippen molar-refractivity contribution in [1.82, 2.24) is 0 Å². The summed E-state index contributed by atoms with van der Waals surface area (Å²) in [7, 11) is 0. The number of hydrogen-bond donors (Lipinski definition) is 2. The molecule has 0 heterocycles. The van der Waals surface area contributed by atoms with Gasteiger partial charge in [-0.2, -0.15) is 0 Å². The summed E-state index contributed by atoms with van der Waals surface area (Å²) in [6.07, 6.45) is 0. The Labute approximate surface area is 124 Å². The van der Waals surface area contributed by atoms with E-state index < -0.39 is 0 Å². The van der Waals surface area contributed by atoms with E-state index in [1.54, 1.807) is 6.07 Å². The van der Waals surface area contributed by atoms with E-state index in [2.05, 4.69) is 10.6 Å². The van der Waals surface area contributed by atoms with Crippen molar-refractivity contribution in [3.05, 3.63) is 58.6 Å². The first-order valence-corrected chi connectivity index (χ1v) is 6.79.